The minimum atomic E-state index is 0.215. The molecule has 0 bridgehead atoms. The van der Waals surface area contributed by atoms with E-state index >= 15 is 0 Å². The van der Waals surface area contributed by atoms with Gasteiger partial charge in [-0.2, -0.15) is 0 Å². The fourth-order valence-corrected chi connectivity index (χ4v) is 2.38. The minimum Gasteiger partial charge on any atom is -0.508 e. The van der Waals surface area contributed by atoms with Crippen molar-refractivity contribution in [2.24, 2.45) is 0 Å². The van der Waals surface area contributed by atoms with Crippen molar-refractivity contribution < 1.29 is 5.11 Å². The highest BCUT2D eigenvalue weighted by molar-refractivity contribution is 5.41. The second-order valence-corrected chi connectivity index (χ2v) is 5.26. The SMILES string of the molecule is CCC(C)c1ccc(C(C)c2ccccc2O)cc1. The molecule has 1 nitrogen and oxygen atoms in total. The van der Waals surface area contributed by atoms with Crippen molar-refractivity contribution in [3.05, 3.63) is 65.2 Å². The van der Waals surface area contributed by atoms with E-state index in [9.17, 15) is 5.11 Å². The van der Waals surface area contributed by atoms with Gasteiger partial charge in [0, 0.05) is 11.5 Å². The molecule has 0 fully saturated rings. The normalized spacial score (nSPS) is 14.1. The fraction of sp³-hybridized carbons (Fsp3) is 0.333. The number of benzene rings is 2. The van der Waals surface area contributed by atoms with Crippen molar-refractivity contribution in [3.63, 3.8) is 0 Å². The summed E-state index contributed by atoms with van der Waals surface area (Å²) in [4.78, 5) is 0. The lowest BCUT2D eigenvalue weighted by atomic mass is 9.90. The zero-order chi connectivity index (χ0) is 13.8. The summed E-state index contributed by atoms with van der Waals surface area (Å²) in [6.45, 7) is 6.60. The van der Waals surface area contributed by atoms with E-state index in [0.29, 0.717) is 11.7 Å². The third-order valence-corrected chi connectivity index (χ3v) is 4.02. The zero-order valence-corrected chi connectivity index (χ0v) is 11.9. The quantitative estimate of drug-likeness (QED) is 0.808. The van der Waals surface area contributed by atoms with Crippen LogP contribution in [0.1, 0.15) is 55.7 Å². The lowest BCUT2D eigenvalue weighted by Gasteiger charge is -2.16. The van der Waals surface area contributed by atoms with Gasteiger partial charge in [-0.05, 0) is 29.5 Å². The lowest BCUT2D eigenvalue weighted by Crippen LogP contribution is -1.98. The predicted molar refractivity (Wildman–Crippen MR) is 80.8 cm³/mol. The average Bonchev–Trinajstić information content (AvgIpc) is 2.46. The van der Waals surface area contributed by atoms with Crippen molar-refractivity contribution in [2.75, 3.05) is 0 Å². The van der Waals surface area contributed by atoms with Crippen LogP contribution in [0.25, 0.3) is 0 Å². The van der Waals surface area contributed by atoms with E-state index in [-0.39, 0.29) is 5.92 Å². The van der Waals surface area contributed by atoms with Gasteiger partial charge < -0.3 is 5.11 Å². The van der Waals surface area contributed by atoms with Gasteiger partial charge in [-0.1, -0.05) is 63.2 Å². The van der Waals surface area contributed by atoms with Crippen LogP contribution >= 0.6 is 0 Å². The van der Waals surface area contributed by atoms with Crippen molar-refractivity contribution >= 4 is 0 Å². The number of phenolic OH excluding ortho intramolecular Hbond substituents is 1. The molecule has 1 N–H and O–H groups in total. The Kier molecular flexibility index (Phi) is 4.26. The Hall–Kier alpha value is -1.76. The number of hydrogen-bond donors (Lipinski definition) is 1. The van der Waals surface area contributed by atoms with E-state index < -0.39 is 0 Å². The number of hydrogen-bond acceptors (Lipinski definition) is 1. The summed E-state index contributed by atoms with van der Waals surface area (Å²) in [6.07, 6.45) is 1.16. The summed E-state index contributed by atoms with van der Waals surface area (Å²) >= 11 is 0. The highest BCUT2D eigenvalue weighted by atomic mass is 16.3. The van der Waals surface area contributed by atoms with Crippen molar-refractivity contribution in [1.82, 2.24) is 0 Å². The summed E-state index contributed by atoms with van der Waals surface area (Å²) in [6, 6.07) is 16.3. The summed E-state index contributed by atoms with van der Waals surface area (Å²) in [5.41, 5.74) is 3.61. The summed E-state index contributed by atoms with van der Waals surface area (Å²) in [7, 11) is 0. The van der Waals surface area contributed by atoms with Gasteiger partial charge in [-0.15, -0.1) is 0 Å². The Morgan fingerprint density at radius 2 is 1.47 bits per heavy atom. The molecule has 0 aliphatic carbocycles. The van der Waals surface area contributed by atoms with E-state index in [4.69, 9.17) is 0 Å². The Morgan fingerprint density at radius 3 is 2.05 bits per heavy atom. The molecule has 0 spiro atoms. The van der Waals surface area contributed by atoms with Crippen LogP contribution < -0.4 is 0 Å². The molecule has 2 rings (SSSR count). The largest absolute Gasteiger partial charge is 0.508 e. The molecule has 0 heterocycles. The van der Waals surface area contributed by atoms with Crippen LogP contribution in [0, 0.1) is 0 Å². The Labute approximate surface area is 115 Å². The van der Waals surface area contributed by atoms with Crippen molar-refractivity contribution in [3.8, 4) is 5.75 Å². The van der Waals surface area contributed by atoms with Gasteiger partial charge in [-0.25, -0.2) is 0 Å². The van der Waals surface area contributed by atoms with Crippen LogP contribution in [0.2, 0.25) is 0 Å². The van der Waals surface area contributed by atoms with E-state index in [1.54, 1.807) is 6.07 Å². The minimum absolute atomic E-state index is 0.215. The first-order valence-corrected chi connectivity index (χ1v) is 7.01. The van der Waals surface area contributed by atoms with Crippen LogP contribution in [0.15, 0.2) is 48.5 Å². The van der Waals surface area contributed by atoms with Gasteiger partial charge in [0.25, 0.3) is 0 Å². The van der Waals surface area contributed by atoms with Crippen molar-refractivity contribution in [1.29, 1.82) is 0 Å². The van der Waals surface area contributed by atoms with Crippen LogP contribution in [0.3, 0.4) is 0 Å². The number of aromatic hydroxyl groups is 1. The van der Waals surface area contributed by atoms with Gasteiger partial charge in [0.05, 0.1) is 0 Å². The molecule has 0 aromatic heterocycles. The molecule has 2 aromatic rings. The smallest absolute Gasteiger partial charge is 0.119 e. The Balaban J connectivity index is 2.25. The first-order valence-electron chi connectivity index (χ1n) is 7.01. The van der Waals surface area contributed by atoms with Gasteiger partial charge >= 0.3 is 0 Å². The standard InChI is InChI=1S/C18H22O/c1-4-13(2)15-9-11-16(12-10-15)14(3)17-7-5-6-8-18(17)19/h5-14,19H,4H2,1-3H3. The van der Waals surface area contributed by atoms with Crippen LogP contribution in [0.4, 0.5) is 0 Å². The molecule has 1 heteroatoms. The second kappa shape index (κ2) is 5.92. The van der Waals surface area contributed by atoms with E-state index in [1.807, 2.05) is 18.2 Å². The molecule has 0 aliphatic rings. The fourth-order valence-electron chi connectivity index (χ4n) is 2.38. The summed E-state index contributed by atoms with van der Waals surface area (Å²) in [5, 5.41) is 9.92. The molecular weight excluding hydrogens is 232 g/mol. The average molecular weight is 254 g/mol. The molecule has 0 radical (unpaired) electrons. The molecule has 0 saturated heterocycles. The monoisotopic (exact) mass is 254 g/mol. The van der Waals surface area contributed by atoms with Gasteiger partial charge in [0.15, 0.2) is 0 Å². The molecule has 19 heavy (non-hydrogen) atoms. The summed E-state index contributed by atoms with van der Waals surface area (Å²) in [5.74, 6) is 1.20. The van der Waals surface area contributed by atoms with Crippen LogP contribution in [-0.2, 0) is 0 Å². The third kappa shape index (κ3) is 2.98. The van der Waals surface area contributed by atoms with Crippen LogP contribution in [-0.4, -0.2) is 5.11 Å². The topological polar surface area (TPSA) is 20.2 Å². The van der Waals surface area contributed by atoms with E-state index in [1.165, 1.54) is 11.1 Å². The Bertz CT molecular complexity index is 528. The predicted octanol–water partition coefficient (Wildman–Crippen LogP) is 5.06. The molecule has 0 amide bonds. The molecule has 2 atom stereocenters. The van der Waals surface area contributed by atoms with Crippen LogP contribution in [0.5, 0.6) is 5.75 Å². The molecule has 2 aromatic carbocycles. The zero-order valence-electron chi connectivity index (χ0n) is 11.9. The molecular formula is C18H22O. The summed E-state index contributed by atoms with van der Waals surface area (Å²) < 4.78 is 0. The van der Waals surface area contributed by atoms with Crippen molar-refractivity contribution in [2.45, 2.75) is 39.0 Å². The van der Waals surface area contributed by atoms with Gasteiger partial charge in [-0.3, -0.25) is 0 Å². The number of rotatable bonds is 4. The van der Waals surface area contributed by atoms with E-state index in [0.717, 1.165) is 12.0 Å². The first kappa shape index (κ1) is 13.7. The van der Waals surface area contributed by atoms with Gasteiger partial charge in [0.1, 0.15) is 5.75 Å². The van der Waals surface area contributed by atoms with Gasteiger partial charge in [0.2, 0.25) is 0 Å². The molecule has 2 unspecified atom stereocenters. The molecule has 0 aliphatic heterocycles. The first-order chi connectivity index (χ1) is 9.13. The molecule has 100 valence electrons. The lowest BCUT2D eigenvalue weighted by molar-refractivity contribution is 0.466. The number of para-hydroxylation sites is 1. The highest BCUT2D eigenvalue weighted by Gasteiger charge is 2.12. The third-order valence-electron chi connectivity index (χ3n) is 4.02. The maximum atomic E-state index is 9.92. The van der Waals surface area contributed by atoms with E-state index in [2.05, 4.69) is 45.0 Å². The Morgan fingerprint density at radius 1 is 0.895 bits per heavy atom. The second-order valence-electron chi connectivity index (χ2n) is 5.26. The molecule has 0 saturated carbocycles. The maximum Gasteiger partial charge on any atom is 0.119 e. The number of phenols is 1. The maximum absolute atomic E-state index is 9.92. The highest BCUT2D eigenvalue weighted by Crippen LogP contribution is 2.31.